The van der Waals surface area contributed by atoms with Gasteiger partial charge in [-0.3, -0.25) is 4.79 Å². The van der Waals surface area contributed by atoms with E-state index in [1.807, 2.05) is 6.26 Å². The summed E-state index contributed by atoms with van der Waals surface area (Å²) in [6.07, 6.45) is 3.20. The van der Waals surface area contributed by atoms with Gasteiger partial charge >= 0.3 is 5.63 Å². The Morgan fingerprint density at radius 3 is 2.91 bits per heavy atom. The second-order valence-electron chi connectivity index (χ2n) is 4.51. The van der Waals surface area contributed by atoms with E-state index in [9.17, 15) is 9.59 Å². The molecule has 0 bridgehead atoms. The van der Waals surface area contributed by atoms with Gasteiger partial charge in [0, 0.05) is 17.1 Å². The number of anilines is 1. The molecule has 1 aromatic carbocycles. The van der Waals surface area contributed by atoms with E-state index in [2.05, 4.69) is 15.3 Å². The number of nitrogens with one attached hydrogen (secondary N) is 1. The van der Waals surface area contributed by atoms with Gasteiger partial charge in [0.05, 0.1) is 11.2 Å². The molecule has 0 aliphatic heterocycles. The van der Waals surface area contributed by atoms with Gasteiger partial charge in [0.25, 0.3) is 5.91 Å². The van der Waals surface area contributed by atoms with Crippen LogP contribution in [0.3, 0.4) is 0 Å². The third kappa shape index (κ3) is 3.35. The molecule has 3 aromatic rings. The molecule has 1 N–H and O–H groups in total. The van der Waals surface area contributed by atoms with Crippen LogP contribution in [0.15, 0.2) is 50.9 Å². The molecule has 6 nitrogen and oxygen atoms in total. The van der Waals surface area contributed by atoms with E-state index in [1.165, 1.54) is 24.0 Å². The third-order valence-electron chi connectivity index (χ3n) is 3.00. The molecule has 0 unspecified atom stereocenters. The molecule has 0 spiro atoms. The lowest BCUT2D eigenvalue weighted by Crippen LogP contribution is -2.15. The van der Waals surface area contributed by atoms with Gasteiger partial charge in [-0.2, -0.15) is 0 Å². The minimum Gasteiger partial charge on any atom is -0.423 e. The van der Waals surface area contributed by atoms with Crippen molar-refractivity contribution in [3.63, 3.8) is 0 Å². The lowest BCUT2D eigenvalue weighted by atomic mass is 10.2. The summed E-state index contributed by atoms with van der Waals surface area (Å²) >= 11 is 7.30. The fourth-order valence-corrected chi connectivity index (χ4v) is 2.47. The zero-order chi connectivity index (χ0) is 16.4. The molecule has 0 aliphatic carbocycles. The Hall–Kier alpha value is -2.38. The van der Waals surface area contributed by atoms with Gasteiger partial charge in [-0.05, 0) is 30.5 Å². The monoisotopic (exact) mass is 347 g/mol. The quantitative estimate of drug-likeness (QED) is 0.445. The fourth-order valence-electron chi connectivity index (χ4n) is 1.95. The molecular formula is C15H10ClN3O3S. The average Bonchev–Trinajstić information content (AvgIpc) is 2.55. The third-order valence-corrected chi connectivity index (χ3v) is 3.84. The van der Waals surface area contributed by atoms with Gasteiger partial charge in [-0.15, -0.1) is 0 Å². The normalized spacial score (nSPS) is 10.7. The van der Waals surface area contributed by atoms with E-state index in [4.69, 9.17) is 16.0 Å². The summed E-state index contributed by atoms with van der Waals surface area (Å²) in [4.78, 5) is 31.6. The highest BCUT2D eigenvalue weighted by Crippen LogP contribution is 2.21. The molecule has 0 aliphatic rings. The highest BCUT2D eigenvalue weighted by atomic mass is 35.5. The first-order chi connectivity index (χ1) is 11.1. The molecule has 2 aromatic heterocycles. The Morgan fingerprint density at radius 2 is 2.13 bits per heavy atom. The summed E-state index contributed by atoms with van der Waals surface area (Å²) in [7, 11) is 0. The summed E-state index contributed by atoms with van der Waals surface area (Å²) in [5.41, 5.74) is 0.661. The average molecular weight is 348 g/mol. The number of fused-ring (bicyclic) bond motifs is 1. The number of rotatable bonds is 3. The Morgan fingerprint density at radius 1 is 1.30 bits per heavy atom. The summed E-state index contributed by atoms with van der Waals surface area (Å²) in [6, 6.07) is 7.88. The van der Waals surface area contributed by atoms with E-state index in [0.29, 0.717) is 21.8 Å². The van der Waals surface area contributed by atoms with Crippen molar-refractivity contribution in [3.8, 4) is 0 Å². The summed E-state index contributed by atoms with van der Waals surface area (Å²) < 4.78 is 5.04. The molecule has 3 rings (SSSR count). The van der Waals surface area contributed by atoms with Crippen molar-refractivity contribution >= 4 is 45.9 Å². The molecule has 116 valence electrons. The number of hydrogen-bond acceptors (Lipinski definition) is 6. The van der Waals surface area contributed by atoms with Crippen molar-refractivity contribution in [2.45, 2.75) is 5.16 Å². The fraction of sp³-hybridized carbons (Fsp3) is 0.0667. The standard InChI is InChI=1S/C15H10ClN3O3S/c1-23-15-17-7-10(16)13(19-15)14(21)18-9-3-4-11-8(6-9)2-5-12(20)22-11/h2-7H,1H3,(H,18,21). The summed E-state index contributed by atoms with van der Waals surface area (Å²) in [5, 5.41) is 4.04. The summed E-state index contributed by atoms with van der Waals surface area (Å²) in [6.45, 7) is 0. The molecular weight excluding hydrogens is 338 g/mol. The topological polar surface area (TPSA) is 85.1 Å². The van der Waals surface area contributed by atoms with Crippen LogP contribution in [0.25, 0.3) is 11.0 Å². The number of carbonyl (C=O) groups excluding carboxylic acids is 1. The van der Waals surface area contributed by atoms with Crippen LogP contribution in [0.4, 0.5) is 5.69 Å². The van der Waals surface area contributed by atoms with Crippen molar-refractivity contribution in [1.82, 2.24) is 9.97 Å². The van der Waals surface area contributed by atoms with Crippen LogP contribution >= 0.6 is 23.4 Å². The first-order valence-electron chi connectivity index (χ1n) is 6.48. The predicted molar refractivity (Wildman–Crippen MR) is 89.3 cm³/mol. The van der Waals surface area contributed by atoms with E-state index >= 15 is 0 Å². The van der Waals surface area contributed by atoms with Gasteiger partial charge in [-0.25, -0.2) is 14.8 Å². The van der Waals surface area contributed by atoms with Crippen LogP contribution in [-0.2, 0) is 0 Å². The van der Waals surface area contributed by atoms with Crippen LogP contribution in [0.1, 0.15) is 10.5 Å². The molecule has 23 heavy (non-hydrogen) atoms. The first kappa shape index (κ1) is 15.5. The largest absolute Gasteiger partial charge is 0.423 e. The Balaban J connectivity index is 1.91. The number of aromatic nitrogens is 2. The second kappa shape index (κ2) is 6.39. The van der Waals surface area contributed by atoms with Gasteiger partial charge in [-0.1, -0.05) is 23.4 Å². The second-order valence-corrected chi connectivity index (χ2v) is 5.70. The molecule has 0 atom stereocenters. The predicted octanol–water partition coefficient (Wildman–Crippen LogP) is 3.21. The molecule has 8 heteroatoms. The number of amides is 1. The van der Waals surface area contributed by atoms with Crippen molar-refractivity contribution in [3.05, 3.63) is 57.7 Å². The smallest absolute Gasteiger partial charge is 0.336 e. The lowest BCUT2D eigenvalue weighted by Gasteiger charge is -2.07. The van der Waals surface area contributed by atoms with Crippen molar-refractivity contribution in [2.24, 2.45) is 0 Å². The zero-order valence-corrected chi connectivity index (χ0v) is 13.4. The Bertz CT molecular complexity index is 958. The van der Waals surface area contributed by atoms with Crippen LogP contribution in [0.2, 0.25) is 5.02 Å². The molecule has 2 heterocycles. The Labute approximate surface area is 139 Å². The zero-order valence-electron chi connectivity index (χ0n) is 11.9. The SMILES string of the molecule is CSc1ncc(Cl)c(C(=O)Nc2ccc3oc(=O)ccc3c2)n1. The van der Waals surface area contributed by atoms with E-state index in [0.717, 1.165) is 0 Å². The minimum absolute atomic E-state index is 0.103. The maximum atomic E-state index is 12.3. The van der Waals surface area contributed by atoms with Gasteiger partial charge in [0.15, 0.2) is 10.9 Å². The summed E-state index contributed by atoms with van der Waals surface area (Å²) in [5.74, 6) is -0.440. The lowest BCUT2D eigenvalue weighted by molar-refractivity contribution is 0.102. The van der Waals surface area contributed by atoms with Crippen molar-refractivity contribution in [2.75, 3.05) is 11.6 Å². The van der Waals surface area contributed by atoms with E-state index < -0.39 is 11.5 Å². The van der Waals surface area contributed by atoms with Crippen LogP contribution in [0, 0.1) is 0 Å². The number of nitrogens with zero attached hydrogens (tertiary/aromatic N) is 2. The highest BCUT2D eigenvalue weighted by molar-refractivity contribution is 7.98. The molecule has 0 saturated heterocycles. The van der Waals surface area contributed by atoms with Gasteiger partial charge < -0.3 is 9.73 Å². The first-order valence-corrected chi connectivity index (χ1v) is 8.09. The highest BCUT2D eigenvalue weighted by Gasteiger charge is 2.14. The Kier molecular flexibility index (Phi) is 4.31. The molecule has 0 saturated carbocycles. The maximum absolute atomic E-state index is 12.3. The number of hydrogen-bond donors (Lipinski definition) is 1. The van der Waals surface area contributed by atoms with E-state index in [1.54, 1.807) is 24.3 Å². The number of carbonyl (C=O) groups is 1. The number of halogens is 1. The van der Waals surface area contributed by atoms with Crippen molar-refractivity contribution < 1.29 is 9.21 Å². The molecule has 1 amide bonds. The van der Waals surface area contributed by atoms with Gasteiger partial charge in [0.2, 0.25) is 0 Å². The molecule has 0 radical (unpaired) electrons. The van der Waals surface area contributed by atoms with Crippen molar-refractivity contribution in [1.29, 1.82) is 0 Å². The minimum atomic E-state index is -0.440. The van der Waals surface area contributed by atoms with Gasteiger partial charge in [0.1, 0.15) is 5.58 Å². The van der Waals surface area contributed by atoms with Crippen LogP contribution in [0.5, 0.6) is 0 Å². The number of thioether (sulfide) groups is 1. The van der Waals surface area contributed by atoms with Crippen LogP contribution in [-0.4, -0.2) is 22.1 Å². The van der Waals surface area contributed by atoms with Crippen LogP contribution < -0.4 is 10.9 Å². The van der Waals surface area contributed by atoms with E-state index in [-0.39, 0.29) is 10.7 Å². The number of benzene rings is 1. The maximum Gasteiger partial charge on any atom is 0.336 e. The molecule has 0 fully saturated rings.